The standard InChI is InChI=1S/C11H12Cl2N4O/c1-11(2,5-14)10-16-9(17-18-10)8-7(13)3-6(12)4-15-8/h3-4H,5,14H2,1-2H3. The van der Waals surface area contributed by atoms with Crippen LogP contribution in [0.2, 0.25) is 10.0 Å². The first-order valence-corrected chi connectivity index (χ1v) is 6.05. The first-order valence-electron chi connectivity index (χ1n) is 5.30. The molecule has 2 aromatic rings. The molecule has 0 atom stereocenters. The van der Waals surface area contributed by atoms with Crippen LogP contribution in [0.4, 0.5) is 0 Å². The summed E-state index contributed by atoms with van der Waals surface area (Å²) in [7, 11) is 0. The third-order valence-electron chi connectivity index (χ3n) is 2.53. The minimum absolute atomic E-state index is 0.327. The van der Waals surface area contributed by atoms with Crippen LogP contribution in [-0.2, 0) is 5.41 Å². The van der Waals surface area contributed by atoms with Crippen molar-refractivity contribution in [3.63, 3.8) is 0 Å². The molecule has 5 nitrogen and oxygen atoms in total. The van der Waals surface area contributed by atoms with Crippen molar-refractivity contribution >= 4 is 23.2 Å². The summed E-state index contributed by atoms with van der Waals surface area (Å²) in [5, 5.41) is 4.69. The topological polar surface area (TPSA) is 77.8 Å². The lowest BCUT2D eigenvalue weighted by Crippen LogP contribution is -2.28. The molecular weight excluding hydrogens is 275 g/mol. The number of rotatable bonds is 3. The normalized spacial score (nSPS) is 11.8. The maximum atomic E-state index is 6.03. The molecule has 0 saturated heterocycles. The molecule has 96 valence electrons. The fourth-order valence-corrected chi connectivity index (χ4v) is 1.73. The van der Waals surface area contributed by atoms with Gasteiger partial charge in [0.05, 0.1) is 15.5 Å². The Bertz CT molecular complexity index is 568. The predicted octanol–water partition coefficient (Wildman–Crippen LogP) is 2.67. The Morgan fingerprint density at radius 2 is 2.11 bits per heavy atom. The Morgan fingerprint density at radius 3 is 2.72 bits per heavy atom. The molecule has 0 aliphatic carbocycles. The molecule has 0 bridgehead atoms. The smallest absolute Gasteiger partial charge is 0.233 e. The molecule has 0 aliphatic heterocycles. The molecule has 0 fully saturated rings. The highest BCUT2D eigenvalue weighted by atomic mass is 35.5. The molecule has 0 spiro atoms. The quantitative estimate of drug-likeness (QED) is 0.939. The fourth-order valence-electron chi connectivity index (χ4n) is 1.26. The third kappa shape index (κ3) is 2.48. The molecule has 2 heterocycles. The van der Waals surface area contributed by atoms with Gasteiger partial charge in [-0.2, -0.15) is 4.98 Å². The van der Waals surface area contributed by atoms with Gasteiger partial charge in [-0.25, -0.2) is 4.98 Å². The van der Waals surface area contributed by atoms with Crippen LogP contribution in [-0.4, -0.2) is 21.7 Å². The maximum absolute atomic E-state index is 6.03. The summed E-state index contributed by atoms with van der Waals surface area (Å²) < 4.78 is 5.19. The average molecular weight is 287 g/mol. The van der Waals surface area contributed by atoms with Gasteiger partial charge in [0.15, 0.2) is 0 Å². The van der Waals surface area contributed by atoms with Crippen molar-refractivity contribution in [1.29, 1.82) is 0 Å². The number of pyridine rings is 1. The van der Waals surface area contributed by atoms with Gasteiger partial charge in [-0.3, -0.25) is 0 Å². The Hall–Kier alpha value is -1.17. The van der Waals surface area contributed by atoms with E-state index in [0.717, 1.165) is 0 Å². The molecular formula is C11H12Cl2N4O. The molecule has 0 radical (unpaired) electrons. The minimum atomic E-state index is -0.385. The maximum Gasteiger partial charge on any atom is 0.233 e. The highest BCUT2D eigenvalue weighted by Crippen LogP contribution is 2.28. The van der Waals surface area contributed by atoms with E-state index in [1.165, 1.54) is 6.20 Å². The van der Waals surface area contributed by atoms with Gasteiger partial charge in [0.25, 0.3) is 0 Å². The largest absolute Gasteiger partial charge is 0.338 e. The molecule has 0 amide bonds. The van der Waals surface area contributed by atoms with E-state index in [1.807, 2.05) is 13.8 Å². The Balaban J connectivity index is 2.41. The molecule has 2 rings (SSSR count). The first kappa shape index (κ1) is 13.3. The van der Waals surface area contributed by atoms with Crippen LogP contribution in [0.5, 0.6) is 0 Å². The summed E-state index contributed by atoms with van der Waals surface area (Å²) in [4.78, 5) is 8.35. The van der Waals surface area contributed by atoms with Crippen molar-refractivity contribution in [1.82, 2.24) is 15.1 Å². The van der Waals surface area contributed by atoms with Crippen LogP contribution in [0.25, 0.3) is 11.5 Å². The summed E-state index contributed by atoms with van der Waals surface area (Å²) in [6.45, 7) is 4.23. The SMILES string of the molecule is CC(C)(CN)c1nc(-c2ncc(Cl)cc2Cl)no1. The number of hydrogen-bond acceptors (Lipinski definition) is 5. The molecule has 18 heavy (non-hydrogen) atoms. The summed E-state index contributed by atoms with van der Waals surface area (Å²) in [5.41, 5.74) is 5.70. The molecule has 0 saturated carbocycles. The molecule has 2 aromatic heterocycles. The first-order chi connectivity index (χ1) is 8.44. The Morgan fingerprint density at radius 1 is 1.39 bits per heavy atom. The van der Waals surface area contributed by atoms with Gasteiger partial charge in [-0.15, -0.1) is 0 Å². The number of halogens is 2. The Labute approximate surface area is 114 Å². The van der Waals surface area contributed by atoms with Gasteiger partial charge in [-0.05, 0) is 19.9 Å². The second kappa shape index (κ2) is 4.84. The van der Waals surface area contributed by atoms with Crippen molar-refractivity contribution in [3.8, 4) is 11.5 Å². The summed E-state index contributed by atoms with van der Waals surface area (Å²) >= 11 is 11.8. The van der Waals surface area contributed by atoms with Crippen LogP contribution in [0.1, 0.15) is 19.7 Å². The summed E-state index contributed by atoms with van der Waals surface area (Å²) in [5.74, 6) is 0.779. The van der Waals surface area contributed by atoms with Gasteiger partial charge in [0.1, 0.15) is 5.69 Å². The highest BCUT2D eigenvalue weighted by molar-refractivity contribution is 6.35. The number of aromatic nitrogens is 3. The van der Waals surface area contributed by atoms with Gasteiger partial charge in [0, 0.05) is 12.7 Å². The van der Waals surface area contributed by atoms with Crippen molar-refractivity contribution in [2.75, 3.05) is 6.54 Å². The lowest BCUT2D eigenvalue weighted by molar-refractivity contribution is 0.311. The summed E-state index contributed by atoms with van der Waals surface area (Å²) in [6, 6.07) is 1.58. The molecule has 0 unspecified atom stereocenters. The van der Waals surface area contributed by atoms with Crippen molar-refractivity contribution in [2.45, 2.75) is 19.3 Å². The van der Waals surface area contributed by atoms with E-state index in [9.17, 15) is 0 Å². The zero-order valence-corrected chi connectivity index (χ0v) is 11.5. The molecule has 0 aliphatic rings. The predicted molar refractivity (Wildman–Crippen MR) is 69.6 cm³/mol. The molecule has 0 aromatic carbocycles. The monoisotopic (exact) mass is 286 g/mol. The lowest BCUT2D eigenvalue weighted by atomic mass is 9.94. The van der Waals surface area contributed by atoms with Crippen molar-refractivity contribution in [3.05, 3.63) is 28.2 Å². The third-order valence-corrected chi connectivity index (χ3v) is 3.03. The van der Waals surface area contributed by atoms with E-state index in [4.69, 9.17) is 33.5 Å². The molecule has 2 N–H and O–H groups in total. The number of hydrogen-bond donors (Lipinski definition) is 1. The van der Waals surface area contributed by atoms with Gasteiger partial charge < -0.3 is 10.3 Å². The van der Waals surface area contributed by atoms with Crippen LogP contribution in [0.15, 0.2) is 16.8 Å². The van der Waals surface area contributed by atoms with Crippen LogP contribution >= 0.6 is 23.2 Å². The van der Waals surface area contributed by atoms with Gasteiger partial charge in [0.2, 0.25) is 11.7 Å². The van der Waals surface area contributed by atoms with E-state index in [-0.39, 0.29) is 5.41 Å². The minimum Gasteiger partial charge on any atom is -0.338 e. The second-order valence-electron chi connectivity index (χ2n) is 4.50. The summed E-state index contributed by atoms with van der Waals surface area (Å²) in [6.07, 6.45) is 1.48. The van der Waals surface area contributed by atoms with Gasteiger partial charge >= 0.3 is 0 Å². The van der Waals surface area contributed by atoms with Crippen LogP contribution < -0.4 is 5.73 Å². The van der Waals surface area contributed by atoms with E-state index in [2.05, 4.69) is 15.1 Å². The second-order valence-corrected chi connectivity index (χ2v) is 5.34. The average Bonchev–Trinajstić information content (AvgIpc) is 2.79. The highest BCUT2D eigenvalue weighted by Gasteiger charge is 2.27. The van der Waals surface area contributed by atoms with Crippen LogP contribution in [0, 0.1) is 0 Å². The fraction of sp³-hybridized carbons (Fsp3) is 0.364. The zero-order chi connectivity index (χ0) is 13.3. The van der Waals surface area contributed by atoms with Crippen molar-refractivity contribution < 1.29 is 4.52 Å². The van der Waals surface area contributed by atoms with E-state index in [0.29, 0.717) is 34.0 Å². The van der Waals surface area contributed by atoms with Gasteiger partial charge in [-0.1, -0.05) is 28.4 Å². The van der Waals surface area contributed by atoms with Crippen LogP contribution in [0.3, 0.4) is 0 Å². The van der Waals surface area contributed by atoms with Crippen molar-refractivity contribution in [2.24, 2.45) is 5.73 Å². The van der Waals surface area contributed by atoms with E-state index < -0.39 is 0 Å². The lowest BCUT2D eigenvalue weighted by Gasteiger charge is -2.15. The molecule has 7 heteroatoms. The Kier molecular flexibility index (Phi) is 3.56. The zero-order valence-electron chi connectivity index (χ0n) is 9.94. The van der Waals surface area contributed by atoms with E-state index in [1.54, 1.807) is 6.07 Å². The van der Waals surface area contributed by atoms with E-state index >= 15 is 0 Å². The number of nitrogens with zero attached hydrogens (tertiary/aromatic N) is 3. The number of nitrogens with two attached hydrogens (primary N) is 1.